The van der Waals surface area contributed by atoms with Gasteiger partial charge in [0, 0.05) is 38.4 Å². The fourth-order valence-electron chi connectivity index (χ4n) is 7.51. The molecule has 0 saturated carbocycles. The van der Waals surface area contributed by atoms with Gasteiger partial charge >= 0.3 is 0 Å². The molecule has 0 aliphatic heterocycles. The molecule has 262 valence electrons. The number of hydrogen-bond acceptors (Lipinski definition) is 4. The van der Waals surface area contributed by atoms with Gasteiger partial charge in [-0.15, -0.1) is 0 Å². The standard InChI is InChI=1S/C52H34N4/c1-5-14-35(15-6-1)43-32-33-45-47(34-43)53-49(39-16-7-2-8-17-39)46-23-13-22-44(48(45)46)38-28-24-36(25-29-38)37-26-30-42(31-27-37)52-55-50(40-18-9-3-10-19-40)54-51(56-52)41-20-11-4-12-21-41/h1-34H. The second-order valence-electron chi connectivity index (χ2n) is 13.8. The first-order chi connectivity index (χ1) is 27.7. The Morgan fingerprint density at radius 3 is 1.20 bits per heavy atom. The average molecular weight is 715 g/mol. The summed E-state index contributed by atoms with van der Waals surface area (Å²) < 4.78 is 0. The summed E-state index contributed by atoms with van der Waals surface area (Å²) in [4.78, 5) is 20.0. The Morgan fingerprint density at radius 1 is 0.250 bits per heavy atom. The van der Waals surface area contributed by atoms with E-state index >= 15 is 0 Å². The smallest absolute Gasteiger partial charge is 0.164 e. The largest absolute Gasteiger partial charge is 0.247 e. The van der Waals surface area contributed by atoms with Crippen LogP contribution in [0, 0.1) is 0 Å². The Hall–Kier alpha value is -7.56. The molecular formula is C52H34N4. The Kier molecular flexibility index (Phi) is 8.47. The lowest BCUT2D eigenvalue weighted by atomic mass is 9.91. The summed E-state index contributed by atoms with van der Waals surface area (Å²) in [7, 11) is 0. The van der Waals surface area contributed by atoms with Crippen molar-refractivity contribution in [2.24, 2.45) is 0 Å². The van der Waals surface area contributed by atoms with E-state index in [1.54, 1.807) is 0 Å². The van der Waals surface area contributed by atoms with Gasteiger partial charge in [0.25, 0.3) is 0 Å². The molecule has 0 radical (unpaired) electrons. The highest BCUT2D eigenvalue weighted by molar-refractivity contribution is 6.17. The van der Waals surface area contributed by atoms with Gasteiger partial charge in [0.2, 0.25) is 0 Å². The van der Waals surface area contributed by atoms with Gasteiger partial charge < -0.3 is 0 Å². The van der Waals surface area contributed by atoms with E-state index in [2.05, 4.69) is 146 Å². The molecule has 4 heteroatoms. The highest BCUT2D eigenvalue weighted by Crippen LogP contribution is 2.40. The molecule has 2 heterocycles. The van der Waals surface area contributed by atoms with Gasteiger partial charge in [-0.05, 0) is 39.4 Å². The van der Waals surface area contributed by atoms with E-state index < -0.39 is 0 Å². The molecule has 0 atom stereocenters. The van der Waals surface area contributed by atoms with Crippen molar-refractivity contribution in [3.8, 4) is 78.8 Å². The first-order valence-corrected chi connectivity index (χ1v) is 18.8. The minimum Gasteiger partial charge on any atom is -0.247 e. The second kappa shape index (κ2) is 14.3. The molecule has 10 aromatic rings. The lowest BCUT2D eigenvalue weighted by Crippen LogP contribution is -2.00. The van der Waals surface area contributed by atoms with Crippen molar-refractivity contribution in [3.63, 3.8) is 0 Å². The monoisotopic (exact) mass is 714 g/mol. The third-order valence-corrected chi connectivity index (χ3v) is 10.3. The quantitative estimate of drug-likeness (QED) is 0.154. The average Bonchev–Trinajstić information content (AvgIpc) is 3.29. The van der Waals surface area contributed by atoms with Crippen LogP contribution in [0.25, 0.3) is 100 Å². The third-order valence-electron chi connectivity index (χ3n) is 10.3. The van der Waals surface area contributed by atoms with Crippen LogP contribution in [-0.4, -0.2) is 19.9 Å². The highest BCUT2D eigenvalue weighted by atomic mass is 15.0. The molecule has 0 unspecified atom stereocenters. The van der Waals surface area contributed by atoms with Crippen LogP contribution in [0.4, 0.5) is 0 Å². The van der Waals surface area contributed by atoms with E-state index in [0.717, 1.165) is 66.5 Å². The summed E-state index contributed by atoms with van der Waals surface area (Å²) in [5.74, 6) is 1.94. The zero-order valence-corrected chi connectivity index (χ0v) is 30.4. The van der Waals surface area contributed by atoms with Crippen LogP contribution in [-0.2, 0) is 0 Å². The molecule has 10 rings (SSSR count). The van der Waals surface area contributed by atoms with E-state index in [0.29, 0.717) is 17.5 Å². The van der Waals surface area contributed by atoms with Gasteiger partial charge in [-0.3, -0.25) is 0 Å². The first kappa shape index (κ1) is 33.0. The van der Waals surface area contributed by atoms with Crippen molar-refractivity contribution < 1.29 is 0 Å². The van der Waals surface area contributed by atoms with Crippen molar-refractivity contribution in [3.05, 3.63) is 206 Å². The van der Waals surface area contributed by atoms with Gasteiger partial charge in [-0.25, -0.2) is 19.9 Å². The van der Waals surface area contributed by atoms with Gasteiger partial charge in [0.15, 0.2) is 17.5 Å². The fraction of sp³-hybridized carbons (Fsp3) is 0. The molecular weight excluding hydrogens is 681 g/mol. The Labute approximate surface area is 325 Å². The maximum Gasteiger partial charge on any atom is 0.164 e. The molecule has 0 spiro atoms. The number of benzene rings is 8. The molecule has 56 heavy (non-hydrogen) atoms. The topological polar surface area (TPSA) is 51.6 Å². The van der Waals surface area contributed by atoms with Crippen LogP contribution in [0.1, 0.15) is 0 Å². The normalized spacial score (nSPS) is 11.2. The summed E-state index contributed by atoms with van der Waals surface area (Å²) in [6.07, 6.45) is 0. The molecule has 0 N–H and O–H groups in total. The number of pyridine rings is 1. The molecule has 4 nitrogen and oxygen atoms in total. The highest BCUT2D eigenvalue weighted by Gasteiger charge is 2.16. The van der Waals surface area contributed by atoms with Crippen LogP contribution in [0.15, 0.2) is 206 Å². The van der Waals surface area contributed by atoms with Gasteiger partial charge in [0.05, 0.1) is 11.2 Å². The zero-order chi connectivity index (χ0) is 37.3. The van der Waals surface area contributed by atoms with Crippen LogP contribution in [0.2, 0.25) is 0 Å². The van der Waals surface area contributed by atoms with Gasteiger partial charge in [-0.2, -0.15) is 0 Å². The molecule has 2 aromatic heterocycles. The number of fused-ring (bicyclic) bond motifs is 3. The summed E-state index contributed by atoms with van der Waals surface area (Å²) in [6.45, 7) is 0. The minimum atomic E-state index is 0.642. The van der Waals surface area contributed by atoms with E-state index in [9.17, 15) is 0 Å². The number of rotatable bonds is 7. The van der Waals surface area contributed by atoms with Crippen molar-refractivity contribution in [2.45, 2.75) is 0 Å². The maximum absolute atomic E-state index is 5.31. The van der Waals surface area contributed by atoms with Crippen molar-refractivity contribution >= 4 is 21.7 Å². The predicted molar refractivity (Wildman–Crippen MR) is 231 cm³/mol. The SMILES string of the molecule is c1ccc(-c2ccc3c(c2)nc(-c2ccccc2)c2cccc(-c4ccc(-c5ccc(-c6nc(-c7ccccc7)nc(-c7ccccc7)n6)cc5)cc4)c23)cc1. The van der Waals surface area contributed by atoms with Crippen molar-refractivity contribution in [1.29, 1.82) is 0 Å². The van der Waals surface area contributed by atoms with Crippen molar-refractivity contribution in [1.82, 2.24) is 19.9 Å². The number of nitrogens with zero attached hydrogens (tertiary/aromatic N) is 4. The van der Waals surface area contributed by atoms with E-state index in [1.165, 1.54) is 16.5 Å². The molecule has 0 bridgehead atoms. The summed E-state index contributed by atoms with van der Waals surface area (Å²) in [6, 6.07) is 71.8. The molecule has 0 aliphatic carbocycles. The first-order valence-electron chi connectivity index (χ1n) is 18.8. The zero-order valence-electron chi connectivity index (χ0n) is 30.4. The van der Waals surface area contributed by atoms with Crippen LogP contribution in [0.5, 0.6) is 0 Å². The molecule has 0 amide bonds. The fourth-order valence-corrected chi connectivity index (χ4v) is 7.51. The predicted octanol–water partition coefficient (Wildman–Crippen LogP) is 13.2. The molecule has 0 aliphatic rings. The minimum absolute atomic E-state index is 0.642. The Bertz CT molecular complexity index is 2910. The lowest BCUT2D eigenvalue weighted by Gasteiger charge is -2.15. The van der Waals surface area contributed by atoms with E-state index in [-0.39, 0.29) is 0 Å². The molecule has 0 saturated heterocycles. The number of hydrogen-bond donors (Lipinski definition) is 0. The molecule has 0 fully saturated rings. The number of aromatic nitrogens is 4. The van der Waals surface area contributed by atoms with Crippen LogP contribution >= 0.6 is 0 Å². The molecule has 8 aromatic carbocycles. The third kappa shape index (κ3) is 6.29. The van der Waals surface area contributed by atoms with Crippen LogP contribution < -0.4 is 0 Å². The van der Waals surface area contributed by atoms with Gasteiger partial charge in [-0.1, -0.05) is 200 Å². The van der Waals surface area contributed by atoms with E-state index in [1.807, 2.05) is 60.7 Å². The Morgan fingerprint density at radius 2 is 0.661 bits per heavy atom. The lowest BCUT2D eigenvalue weighted by molar-refractivity contribution is 1.07. The van der Waals surface area contributed by atoms with Gasteiger partial charge in [0.1, 0.15) is 0 Å². The maximum atomic E-state index is 5.31. The Balaban J connectivity index is 1.03. The second-order valence-corrected chi connectivity index (χ2v) is 13.8. The summed E-state index contributed by atoms with van der Waals surface area (Å²) in [5.41, 5.74) is 12.8. The van der Waals surface area contributed by atoms with Crippen LogP contribution in [0.3, 0.4) is 0 Å². The van der Waals surface area contributed by atoms with Crippen molar-refractivity contribution in [2.75, 3.05) is 0 Å². The summed E-state index contributed by atoms with van der Waals surface area (Å²) >= 11 is 0. The van der Waals surface area contributed by atoms with E-state index in [4.69, 9.17) is 19.9 Å². The summed E-state index contributed by atoms with van der Waals surface area (Å²) in [5, 5.41) is 3.48.